The lowest BCUT2D eigenvalue weighted by Gasteiger charge is -2.31. The first kappa shape index (κ1) is 17.4. The third-order valence-corrected chi connectivity index (χ3v) is 4.17. The number of thiol groups is 1. The van der Waals surface area contributed by atoms with Gasteiger partial charge in [0.05, 0.1) is 4.87 Å². The van der Waals surface area contributed by atoms with Crippen LogP contribution in [0.15, 0.2) is 22.6 Å². The quantitative estimate of drug-likeness (QED) is 0.606. The highest BCUT2D eigenvalue weighted by molar-refractivity contribution is 7.84. The van der Waals surface area contributed by atoms with E-state index in [1.807, 2.05) is 27.7 Å². The first-order valence-corrected chi connectivity index (χ1v) is 7.37. The van der Waals surface area contributed by atoms with Gasteiger partial charge < -0.3 is 9.64 Å². The molecule has 1 aliphatic rings. The first-order valence-electron chi connectivity index (χ1n) is 6.55. The van der Waals surface area contributed by atoms with Crippen LogP contribution < -0.4 is 0 Å². The predicted octanol–water partition coefficient (Wildman–Crippen LogP) is 4.64. The normalized spacial score (nSPS) is 23.2. The number of nitrogens with zero attached hydrogens (tertiary/aromatic N) is 1. The van der Waals surface area contributed by atoms with Crippen molar-refractivity contribution >= 4 is 30.3 Å². The van der Waals surface area contributed by atoms with E-state index in [1.54, 1.807) is 11.8 Å². The van der Waals surface area contributed by atoms with Gasteiger partial charge in [0, 0.05) is 23.4 Å². The van der Waals surface area contributed by atoms with Crippen molar-refractivity contribution in [3.05, 3.63) is 22.6 Å². The topological polar surface area (TPSA) is 29.5 Å². The van der Waals surface area contributed by atoms with E-state index in [1.165, 1.54) is 6.08 Å². The van der Waals surface area contributed by atoms with E-state index in [0.717, 1.165) is 0 Å². The van der Waals surface area contributed by atoms with Crippen molar-refractivity contribution < 1.29 is 13.9 Å². The van der Waals surface area contributed by atoms with Gasteiger partial charge in [-0.2, -0.15) is 0 Å². The Balaban J connectivity index is 2.91. The molecule has 0 N–H and O–H groups in total. The summed E-state index contributed by atoms with van der Waals surface area (Å²) >= 11 is 10.3. The predicted molar refractivity (Wildman–Crippen MR) is 82.7 cm³/mol. The van der Waals surface area contributed by atoms with Crippen molar-refractivity contribution in [3.63, 3.8) is 0 Å². The zero-order valence-electron chi connectivity index (χ0n) is 12.4. The Kier molecular flexibility index (Phi) is 5.55. The largest absolute Gasteiger partial charge is 0.415 e. The van der Waals surface area contributed by atoms with Gasteiger partial charge in [-0.05, 0) is 40.7 Å². The fraction of sp³-hybridized carbons (Fsp3) is 0.643. The molecular weight excluding hydrogens is 301 g/mol. The lowest BCUT2D eigenvalue weighted by Crippen LogP contribution is -2.42. The number of hydrogen-bond acceptors (Lipinski definition) is 3. The number of halogens is 2. The van der Waals surface area contributed by atoms with Gasteiger partial charge in [-0.1, -0.05) is 0 Å². The molecule has 1 atom stereocenters. The van der Waals surface area contributed by atoms with Crippen LogP contribution in [0, 0.1) is 0 Å². The van der Waals surface area contributed by atoms with Crippen molar-refractivity contribution in [2.45, 2.75) is 58.0 Å². The number of hydrogen-bond donors (Lipinski definition) is 1. The van der Waals surface area contributed by atoms with E-state index in [4.69, 9.17) is 16.3 Å². The Morgan fingerprint density at radius 2 is 1.95 bits per heavy atom. The Hall–Kier alpha value is -0.680. The summed E-state index contributed by atoms with van der Waals surface area (Å²) in [6.07, 6.45) is 0.748. The molecule has 114 valence electrons. The van der Waals surface area contributed by atoms with Crippen LogP contribution in [0.1, 0.15) is 41.0 Å². The van der Waals surface area contributed by atoms with Crippen LogP contribution in [0.2, 0.25) is 0 Å². The molecule has 0 aromatic rings. The maximum atomic E-state index is 14.0. The molecule has 1 aliphatic carbocycles. The Morgan fingerprint density at radius 1 is 1.45 bits per heavy atom. The second kappa shape index (κ2) is 6.39. The van der Waals surface area contributed by atoms with Crippen molar-refractivity contribution in [1.82, 2.24) is 4.90 Å². The minimum absolute atomic E-state index is 0.0347. The number of allylic oxidation sites excluding steroid dienone is 3. The summed E-state index contributed by atoms with van der Waals surface area (Å²) < 4.78 is 19.1. The van der Waals surface area contributed by atoms with Crippen LogP contribution in [0.3, 0.4) is 0 Å². The average molecular weight is 322 g/mol. The number of amides is 1. The molecule has 0 bridgehead atoms. The summed E-state index contributed by atoms with van der Waals surface area (Å²) in [7, 11) is 0. The van der Waals surface area contributed by atoms with E-state index in [9.17, 15) is 9.18 Å². The molecule has 0 fully saturated rings. The molecule has 3 nitrogen and oxygen atoms in total. The Morgan fingerprint density at radius 3 is 2.40 bits per heavy atom. The third-order valence-electron chi connectivity index (χ3n) is 3.08. The van der Waals surface area contributed by atoms with Crippen molar-refractivity contribution in [3.8, 4) is 0 Å². The van der Waals surface area contributed by atoms with Gasteiger partial charge in [0.25, 0.3) is 0 Å². The second-order valence-corrected chi connectivity index (χ2v) is 6.95. The molecule has 0 aliphatic heterocycles. The first-order chi connectivity index (χ1) is 9.06. The lowest BCUT2D eigenvalue weighted by atomic mass is 10.00. The summed E-state index contributed by atoms with van der Waals surface area (Å²) in [6.45, 7) is 9.18. The van der Waals surface area contributed by atoms with Crippen LogP contribution in [0.5, 0.6) is 0 Å². The standard InChI is InChI=1S/C14H21ClFNO2S/c1-8(2)17(9(3)4)13(18)19-11-6-12(20)14(5,15)7-10(11)16/h6,8-9,20H,7H2,1-5H3. The SMILES string of the molecule is CC(C)N(C(=O)OC1=C(F)CC(C)(Cl)C(S)=C1)C(C)C. The number of carbonyl (C=O) groups is 1. The van der Waals surface area contributed by atoms with Gasteiger partial charge in [0.1, 0.15) is 5.83 Å². The van der Waals surface area contributed by atoms with Crippen LogP contribution in [-0.4, -0.2) is 28.0 Å². The van der Waals surface area contributed by atoms with Gasteiger partial charge in [0.15, 0.2) is 5.76 Å². The van der Waals surface area contributed by atoms with Gasteiger partial charge in [-0.25, -0.2) is 9.18 Å². The number of alkyl halides is 1. The smallest absolute Gasteiger partial charge is 0.407 e. The highest BCUT2D eigenvalue weighted by Crippen LogP contribution is 2.40. The second-order valence-electron chi connectivity index (χ2n) is 5.64. The number of rotatable bonds is 3. The molecule has 0 heterocycles. The molecule has 1 unspecified atom stereocenters. The maximum absolute atomic E-state index is 14.0. The van der Waals surface area contributed by atoms with Crippen LogP contribution >= 0.6 is 24.2 Å². The molecule has 1 amide bonds. The molecule has 0 aromatic heterocycles. The summed E-state index contributed by atoms with van der Waals surface area (Å²) in [4.78, 5) is 13.3. The maximum Gasteiger partial charge on any atom is 0.415 e. The Labute approximate surface area is 130 Å². The fourth-order valence-electron chi connectivity index (χ4n) is 2.07. The van der Waals surface area contributed by atoms with Crippen molar-refractivity contribution in [1.29, 1.82) is 0 Å². The van der Waals surface area contributed by atoms with Gasteiger partial charge in [0.2, 0.25) is 0 Å². The summed E-state index contributed by atoms with van der Waals surface area (Å²) in [5.41, 5.74) is 0. The zero-order chi connectivity index (χ0) is 15.7. The van der Waals surface area contributed by atoms with Crippen LogP contribution in [0.25, 0.3) is 0 Å². The number of carbonyl (C=O) groups excluding carboxylic acids is 1. The lowest BCUT2D eigenvalue weighted by molar-refractivity contribution is 0.101. The van der Waals surface area contributed by atoms with E-state index < -0.39 is 16.8 Å². The van der Waals surface area contributed by atoms with E-state index in [-0.39, 0.29) is 24.3 Å². The van der Waals surface area contributed by atoms with E-state index in [0.29, 0.717) is 4.91 Å². The molecule has 0 aromatic carbocycles. The monoisotopic (exact) mass is 321 g/mol. The van der Waals surface area contributed by atoms with E-state index in [2.05, 4.69) is 12.6 Å². The minimum Gasteiger partial charge on any atom is -0.407 e. The third kappa shape index (κ3) is 3.92. The van der Waals surface area contributed by atoms with Crippen LogP contribution in [-0.2, 0) is 4.74 Å². The summed E-state index contributed by atoms with van der Waals surface area (Å²) in [6, 6.07) is -0.0695. The number of ether oxygens (including phenoxy) is 1. The fourth-order valence-corrected chi connectivity index (χ4v) is 2.44. The van der Waals surface area contributed by atoms with E-state index >= 15 is 0 Å². The Bertz CT molecular complexity index is 450. The molecule has 6 heteroatoms. The molecular formula is C14H21ClFNO2S. The molecule has 0 saturated heterocycles. The van der Waals surface area contributed by atoms with Gasteiger partial charge >= 0.3 is 6.09 Å². The van der Waals surface area contributed by atoms with Crippen molar-refractivity contribution in [2.24, 2.45) is 0 Å². The van der Waals surface area contributed by atoms with Crippen LogP contribution in [0.4, 0.5) is 9.18 Å². The van der Waals surface area contributed by atoms with Crippen molar-refractivity contribution in [2.75, 3.05) is 0 Å². The highest BCUT2D eigenvalue weighted by Gasteiger charge is 2.33. The molecule has 0 saturated carbocycles. The molecule has 0 spiro atoms. The average Bonchev–Trinajstić information content (AvgIpc) is 2.24. The minimum atomic E-state index is -0.890. The van der Waals surface area contributed by atoms with Gasteiger partial charge in [-0.15, -0.1) is 24.2 Å². The summed E-state index contributed by atoms with van der Waals surface area (Å²) in [5, 5.41) is 0. The molecule has 20 heavy (non-hydrogen) atoms. The summed E-state index contributed by atoms with van der Waals surface area (Å²) in [5.74, 6) is -0.648. The molecule has 1 rings (SSSR count). The van der Waals surface area contributed by atoms with Gasteiger partial charge in [-0.3, -0.25) is 0 Å². The molecule has 0 radical (unpaired) electrons. The highest BCUT2D eigenvalue weighted by atomic mass is 35.5. The zero-order valence-corrected chi connectivity index (χ0v) is 14.1.